The molecule has 3 nitrogen and oxygen atoms in total. The number of ketones is 1. The molecule has 0 unspecified atom stereocenters. The second-order valence-electron chi connectivity index (χ2n) is 3.32. The van der Waals surface area contributed by atoms with Crippen molar-refractivity contribution in [3.63, 3.8) is 0 Å². The lowest BCUT2D eigenvalue weighted by atomic mass is 10.2. The zero-order valence-electron chi connectivity index (χ0n) is 8.29. The van der Waals surface area contributed by atoms with E-state index in [9.17, 15) is 4.79 Å². The number of amidine groups is 1. The molecule has 0 aromatic rings. The van der Waals surface area contributed by atoms with Crippen LogP contribution in [-0.2, 0) is 4.79 Å². The van der Waals surface area contributed by atoms with Crippen molar-refractivity contribution < 1.29 is 4.79 Å². The van der Waals surface area contributed by atoms with Gasteiger partial charge in [0.2, 0.25) is 5.78 Å². The van der Waals surface area contributed by atoms with Gasteiger partial charge in [-0.15, -0.1) is 0 Å². The zero-order valence-corrected chi connectivity index (χ0v) is 8.29. The van der Waals surface area contributed by atoms with Crippen molar-refractivity contribution >= 4 is 17.8 Å². The van der Waals surface area contributed by atoms with E-state index in [0.29, 0.717) is 12.4 Å². The van der Waals surface area contributed by atoms with Crippen LogP contribution in [0.15, 0.2) is 9.98 Å². The molecule has 1 aliphatic heterocycles. The number of rotatable bonds is 2. The lowest BCUT2D eigenvalue weighted by Crippen LogP contribution is -2.11. The molecule has 0 amide bonds. The second kappa shape index (κ2) is 4.90. The van der Waals surface area contributed by atoms with E-state index in [-0.39, 0.29) is 11.7 Å². The third-order valence-corrected chi connectivity index (χ3v) is 1.70. The van der Waals surface area contributed by atoms with Crippen molar-refractivity contribution in [3.05, 3.63) is 0 Å². The van der Waals surface area contributed by atoms with Gasteiger partial charge in [-0.1, -0.05) is 20.3 Å². The first-order valence-corrected chi connectivity index (χ1v) is 4.90. The summed E-state index contributed by atoms with van der Waals surface area (Å²) in [6.07, 6.45) is 5.00. The Kier molecular flexibility index (Phi) is 3.80. The molecule has 0 radical (unpaired) electrons. The Morgan fingerprint density at radius 1 is 1.54 bits per heavy atom. The van der Waals surface area contributed by atoms with Gasteiger partial charge in [0.25, 0.3) is 0 Å². The standard InChI is InChI=1S/C7H8N2O.C3H8/c10-6(5-1-2-5)7-8-3-4-9-7;1-3-2/h3,5H,1-2,4H2;3H2,1-2H3. The molecule has 0 bridgehead atoms. The van der Waals surface area contributed by atoms with Gasteiger partial charge in [0.05, 0.1) is 6.54 Å². The molecule has 0 N–H and O–H groups in total. The van der Waals surface area contributed by atoms with Gasteiger partial charge in [-0.25, -0.2) is 4.99 Å². The molecule has 2 aliphatic rings. The lowest BCUT2D eigenvalue weighted by Gasteiger charge is -1.90. The topological polar surface area (TPSA) is 41.8 Å². The Balaban J connectivity index is 0.000000251. The summed E-state index contributed by atoms with van der Waals surface area (Å²) in [4.78, 5) is 19.0. The highest BCUT2D eigenvalue weighted by Gasteiger charge is 2.33. The van der Waals surface area contributed by atoms with Crippen LogP contribution in [0, 0.1) is 5.92 Å². The molecule has 1 aliphatic carbocycles. The van der Waals surface area contributed by atoms with E-state index in [1.54, 1.807) is 6.21 Å². The molecular weight excluding hydrogens is 164 g/mol. The molecule has 0 aromatic carbocycles. The number of nitrogens with zero attached hydrogens (tertiary/aromatic N) is 2. The van der Waals surface area contributed by atoms with E-state index < -0.39 is 0 Å². The van der Waals surface area contributed by atoms with Crippen LogP contribution in [0.3, 0.4) is 0 Å². The van der Waals surface area contributed by atoms with Gasteiger partial charge in [0.15, 0.2) is 5.84 Å². The first-order chi connectivity index (χ1) is 6.29. The van der Waals surface area contributed by atoms with Gasteiger partial charge in [0.1, 0.15) is 0 Å². The van der Waals surface area contributed by atoms with E-state index in [1.165, 1.54) is 6.42 Å². The van der Waals surface area contributed by atoms with Gasteiger partial charge in [-0.2, -0.15) is 0 Å². The van der Waals surface area contributed by atoms with Crippen molar-refractivity contribution in [2.45, 2.75) is 33.1 Å². The van der Waals surface area contributed by atoms with E-state index in [4.69, 9.17) is 0 Å². The predicted octanol–water partition coefficient (Wildman–Crippen LogP) is 1.86. The molecule has 1 heterocycles. The fourth-order valence-corrected chi connectivity index (χ4v) is 0.965. The Labute approximate surface area is 79.0 Å². The molecule has 1 saturated carbocycles. The van der Waals surface area contributed by atoms with Crippen LogP contribution in [0.2, 0.25) is 0 Å². The summed E-state index contributed by atoms with van der Waals surface area (Å²) in [6.45, 7) is 4.84. The van der Waals surface area contributed by atoms with Crippen LogP contribution in [-0.4, -0.2) is 24.4 Å². The maximum Gasteiger partial charge on any atom is 0.202 e. The summed E-state index contributed by atoms with van der Waals surface area (Å²) in [5.41, 5.74) is 0. The number of carbonyl (C=O) groups is 1. The number of Topliss-reactive ketones (excluding diaryl/α,β-unsaturated/α-hetero) is 1. The predicted molar refractivity (Wildman–Crippen MR) is 54.5 cm³/mol. The van der Waals surface area contributed by atoms with Gasteiger partial charge in [0, 0.05) is 12.1 Å². The van der Waals surface area contributed by atoms with Crippen molar-refractivity contribution in [1.29, 1.82) is 0 Å². The van der Waals surface area contributed by atoms with Crippen LogP contribution >= 0.6 is 0 Å². The summed E-state index contributed by atoms with van der Waals surface area (Å²) in [5.74, 6) is 0.852. The molecule has 3 heteroatoms. The van der Waals surface area contributed by atoms with Crippen LogP contribution in [0.1, 0.15) is 33.1 Å². The van der Waals surface area contributed by atoms with Crippen molar-refractivity contribution in [2.75, 3.05) is 6.54 Å². The third-order valence-electron chi connectivity index (χ3n) is 1.70. The molecule has 0 atom stereocenters. The first-order valence-electron chi connectivity index (χ1n) is 4.90. The van der Waals surface area contributed by atoms with Crippen LogP contribution in [0.25, 0.3) is 0 Å². The van der Waals surface area contributed by atoms with Gasteiger partial charge in [-0.3, -0.25) is 9.79 Å². The molecular formula is C10H16N2O. The van der Waals surface area contributed by atoms with E-state index in [2.05, 4.69) is 23.8 Å². The fraction of sp³-hybridized carbons (Fsp3) is 0.700. The van der Waals surface area contributed by atoms with Crippen LogP contribution in [0.4, 0.5) is 0 Å². The fourth-order valence-electron chi connectivity index (χ4n) is 0.965. The average molecular weight is 180 g/mol. The molecule has 0 spiro atoms. The van der Waals surface area contributed by atoms with E-state index in [1.807, 2.05) is 0 Å². The highest BCUT2D eigenvalue weighted by molar-refractivity contribution is 6.42. The van der Waals surface area contributed by atoms with Crippen molar-refractivity contribution in [2.24, 2.45) is 15.9 Å². The van der Waals surface area contributed by atoms with Crippen molar-refractivity contribution in [3.8, 4) is 0 Å². The Bertz CT molecular complexity index is 239. The lowest BCUT2D eigenvalue weighted by molar-refractivity contribution is -0.114. The van der Waals surface area contributed by atoms with E-state index >= 15 is 0 Å². The largest absolute Gasteiger partial charge is 0.290 e. The maximum atomic E-state index is 11.2. The minimum Gasteiger partial charge on any atom is -0.290 e. The molecule has 2 rings (SSSR count). The second-order valence-corrected chi connectivity index (χ2v) is 3.32. The number of hydrogen-bond acceptors (Lipinski definition) is 3. The Hall–Kier alpha value is -0.990. The maximum absolute atomic E-state index is 11.2. The van der Waals surface area contributed by atoms with E-state index in [0.717, 1.165) is 12.8 Å². The quantitative estimate of drug-likeness (QED) is 0.639. The Morgan fingerprint density at radius 3 is 2.54 bits per heavy atom. The van der Waals surface area contributed by atoms with Crippen molar-refractivity contribution in [1.82, 2.24) is 0 Å². The molecule has 72 valence electrons. The summed E-state index contributed by atoms with van der Waals surface area (Å²) in [6, 6.07) is 0. The monoisotopic (exact) mass is 180 g/mol. The average Bonchev–Trinajstić information content (AvgIpc) is 2.81. The molecule has 1 fully saturated rings. The van der Waals surface area contributed by atoms with Crippen LogP contribution in [0.5, 0.6) is 0 Å². The first kappa shape index (κ1) is 10.1. The molecule has 0 saturated heterocycles. The number of carbonyl (C=O) groups excluding carboxylic acids is 1. The van der Waals surface area contributed by atoms with Gasteiger partial charge >= 0.3 is 0 Å². The number of aliphatic imine (C=N–C) groups is 2. The van der Waals surface area contributed by atoms with Gasteiger partial charge in [-0.05, 0) is 12.8 Å². The minimum atomic E-state index is 0.147. The summed E-state index contributed by atoms with van der Waals surface area (Å²) in [5, 5.41) is 0. The zero-order chi connectivity index (χ0) is 9.68. The van der Waals surface area contributed by atoms with Gasteiger partial charge < -0.3 is 0 Å². The summed E-state index contributed by atoms with van der Waals surface area (Å²) >= 11 is 0. The third kappa shape index (κ3) is 3.09. The molecule has 13 heavy (non-hydrogen) atoms. The highest BCUT2D eigenvalue weighted by Crippen LogP contribution is 2.30. The normalized spacial score (nSPS) is 19.1. The highest BCUT2D eigenvalue weighted by atomic mass is 16.1. The summed E-state index contributed by atoms with van der Waals surface area (Å²) < 4.78 is 0. The SMILES string of the molecule is CCC.O=C(C1=NCC=N1)C1CC1. The van der Waals surface area contributed by atoms with Crippen LogP contribution < -0.4 is 0 Å². The smallest absolute Gasteiger partial charge is 0.202 e. The molecule has 0 aromatic heterocycles. The Morgan fingerprint density at radius 2 is 2.15 bits per heavy atom. The summed E-state index contributed by atoms with van der Waals surface area (Å²) in [7, 11) is 0. The minimum absolute atomic E-state index is 0.147. The number of hydrogen-bond donors (Lipinski definition) is 0.